The minimum atomic E-state index is -0.420. The summed E-state index contributed by atoms with van der Waals surface area (Å²) in [6.07, 6.45) is -0.00863. The Hall–Kier alpha value is -2.04. The lowest BCUT2D eigenvalue weighted by Gasteiger charge is -2.37. The number of hydrogen-bond donors (Lipinski definition) is 1. The van der Waals surface area contributed by atoms with E-state index in [-0.39, 0.29) is 11.9 Å². The number of amides is 2. The fourth-order valence-electron chi connectivity index (χ4n) is 1.65. The molecule has 1 aliphatic heterocycles. The topological polar surface area (TPSA) is 72.6 Å². The minimum Gasteiger partial charge on any atom is -0.487 e. The maximum atomic E-state index is 11.1. The van der Waals surface area contributed by atoms with Gasteiger partial charge >= 0.3 is 6.03 Å². The highest BCUT2D eigenvalue weighted by Crippen LogP contribution is 2.18. The van der Waals surface area contributed by atoms with Crippen molar-refractivity contribution in [3.05, 3.63) is 29.8 Å². The molecule has 2 rings (SSSR count). The molecule has 1 aromatic rings. The second kappa shape index (κ2) is 4.45. The number of Topliss-reactive ketones (excluding diaryl/α,β-unsaturated/α-hetero) is 1. The molecule has 0 atom stereocenters. The molecule has 0 aliphatic carbocycles. The SMILES string of the molecule is CC(=O)c1ccc(OC2CN(C(N)=O)C2)cc1. The fourth-order valence-corrected chi connectivity index (χ4v) is 1.65. The van der Waals surface area contributed by atoms with Crippen LogP contribution >= 0.6 is 0 Å². The van der Waals surface area contributed by atoms with Crippen LogP contribution in [0.25, 0.3) is 0 Å². The van der Waals surface area contributed by atoms with E-state index in [9.17, 15) is 9.59 Å². The highest BCUT2D eigenvalue weighted by atomic mass is 16.5. The van der Waals surface area contributed by atoms with Crippen molar-refractivity contribution < 1.29 is 14.3 Å². The van der Waals surface area contributed by atoms with Crippen LogP contribution in [0.3, 0.4) is 0 Å². The molecule has 0 saturated carbocycles. The lowest BCUT2D eigenvalue weighted by Crippen LogP contribution is -2.57. The van der Waals surface area contributed by atoms with Crippen LogP contribution < -0.4 is 10.5 Å². The number of ketones is 1. The van der Waals surface area contributed by atoms with Gasteiger partial charge in [-0.05, 0) is 31.2 Å². The zero-order valence-electron chi connectivity index (χ0n) is 9.55. The molecule has 5 heteroatoms. The van der Waals surface area contributed by atoms with E-state index in [2.05, 4.69) is 0 Å². The van der Waals surface area contributed by atoms with Gasteiger partial charge in [-0.2, -0.15) is 0 Å². The van der Waals surface area contributed by atoms with Crippen molar-refractivity contribution >= 4 is 11.8 Å². The number of carbonyl (C=O) groups excluding carboxylic acids is 2. The number of likely N-dealkylation sites (tertiary alicyclic amines) is 1. The molecule has 0 aromatic heterocycles. The summed E-state index contributed by atoms with van der Waals surface area (Å²) in [6, 6.07) is 6.54. The highest BCUT2D eigenvalue weighted by Gasteiger charge is 2.30. The molecule has 1 aromatic carbocycles. The largest absolute Gasteiger partial charge is 0.487 e. The Balaban J connectivity index is 1.88. The molecule has 1 heterocycles. The van der Waals surface area contributed by atoms with E-state index in [1.807, 2.05) is 0 Å². The molecule has 2 N–H and O–H groups in total. The van der Waals surface area contributed by atoms with Gasteiger partial charge in [-0.25, -0.2) is 4.79 Å². The smallest absolute Gasteiger partial charge is 0.315 e. The van der Waals surface area contributed by atoms with Crippen LogP contribution in [-0.2, 0) is 0 Å². The normalized spacial score (nSPS) is 15.2. The monoisotopic (exact) mass is 234 g/mol. The van der Waals surface area contributed by atoms with E-state index in [0.29, 0.717) is 24.4 Å². The van der Waals surface area contributed by atoms with Gasteiger partial charge in [0.2, 0.25) is 0 Å². The molecule has 2 amide bonds. The lowest BCUT2D eigenvalue weighted by atomic mass is 10.1. The quantitative estimate of drug-likeness (QED) is 0.794. The average molecular weight is 234 g/mol. The summed E-state index contributed by atoms with van der Waals surface area (Å²) < 4.78 is 5.60. The van der Waals surface area contributed by atoms with Crippen LogP contribution in [0.15, 0.2) is 24.3 Å². The molecule has 0 radical (unpaired) electrons. The van der Waals surface area contributed by atoms with Gasteiger partial charge in [-0.15, -0.1) is 0 Å². The van der Waals surface area contributed by atoms with Crippen LogP contribution in [0.2, 0.25) is 0 Å². The summed E-state index contributed by atoms with van der Waals surface area (Å²) in [5.41, 5.74) is 5.76. The van der Waals surface area contributed by atoms with E-state index in [0.717, 1.165) is 0 Å². The van der Waals surface area contributed by atoms with E-state index >= 15 is 0 Å². The summed E-state index contributed by atoms with van der Waals surface area (Å²) >= 11 is 0. The Morgan fingerprint density at radius 1 is 1.29 bits per heavy atom. The molecule has 1 aliphatic rings. The maximum Gasteiger partial charge on any atom is 0.315 e. The van der Waals surface area contributed by atoms with Gasteiger partial charge in [0.1, 0.15) is 11.9 Å². The van der Waals surface area contributed by atoms with E-state index in [1.165, 1.54) is 11.8 Å². The van der Waals surface area contributed by atoms with Crippen molar-refractivity contribution in [2.24, 2.45) is 5.73 Å². The van der Waals surface area contributed by atoms with E-state index in [4.69, 9.17) is 10.5 Å². The summed E-state index contributed by atoms with van der Waals surface area (Å²) in [4.78, 5) is 23.3. The Morgan fingerprint density at radius 3 is 2.35 bits per heavy atom. The number of ether oxygens (including phenoxy) is 1. The molecule has 0 bridgehead atoms. The molecule has 0 unspecified atom stereocenters. The number of rotatable bonds is 3. The van der Waals surface area contributed by atoms with Crippen LogP contribution in [-0.4, -0.2) is 35.9 Å². The van der Waals surface area contributed by atoms with Gasteiger partial charge in [-0.1, -0.05) is 0 Å². The van der Waals surface area contributed by atoms with Crippen molar-refractivity contribution in [3.63, 3.8) is 0 Å². The van der Waals surface area contributed by atoms with Crippen molar-refractivity contribution in [1.82, 2.24) is 4.90 Å². The second-order valence-electron chi connectivity index (χ2n) is 4.06. The molecular formula is C12H14N2O3. The third kappa shape index (κ3) is 2.55. The van der Waals surface area contributed by atoms with Crippen LogP contribution in [0.1, 0.15) is 17.3 Å². The number of primary amides is 1. The zero-order valence-corrected chi connectivity index (χ0v) is 9.55. The predicted octanol–water partition coefficient (Wildman–Crippen LogP) is 1.03. The van der Waals surface area contributed by atoms with Crippen LogP contribution in [0, 0.1) is 0 Å². The molecule has 1 saturated heterocycles. The van der Waals surface area contributed by atoms with Gasteiger partial charge < -0.3 is 15.4 Å². The van der Waals surface area contributed by atoms with Gasteiger partial charge in [0.15, 0.2) is 5.78 Å². The van der Waals surface area contributed by atoms with Crippen molar-refractivity contribution in [3.8, 4) is 5.75 Å². The molecule has 17 heavy (non-hydrogen) atoms. The molecule has 90 valence electrons. The Bertz CT molecular complexity index is 436. The predicted molar refractivity (Wildman–Crippen MR) is 62.0 cm³/mol. The summed E-state index contributed by atoms with van der Waals surface area (Å²) in [5.74, 6) is 0.726. The van der Waals surface area contributed by atoms with Gasteiger partial charge in [-0.3, -0.25) is 4.79 Å². The maximum absolute atomic E-state index is 11.1. The number of nitrogens with two attached hydrogens (primary N) is 1. The summed E-state index contributed by atoms with van der Waals surface area (Å²) in [7, 11) is 0. The number of benzene rings is 1. The Morgan fingerprint density at radius 2 is 1.88 bits per heavy atom. The molecule has 1 fully saturated rings. The first-order valence-corrected chi connectivity index (χ1v) is 5.38. The second-order valence-corrected chi connectivity index (χ2v) is 4.06. The number of carbonyl (C=O) groups is 2. The summed E-state index contributed by atoms with van der Waals surface area (Å²) in [6.45, 7) is 2.56. The average Bonchev–Trinajstić information content (AvgIpc) is 2.23. The molecule has 0 spiro atoms. The standard InChI is InChI=1S/C12H14N2O3/c1-8(15)9-2-4-10(5-3-9)17-11-6-14(7-11)12(13)16/h2-5,11H,6-7H2,1H3,(H2,13,16). The van der Waals surface area contributed by atoms with Crippen molar-refractivity contribution in [1.29, 1.82) is 0 Å². The van der Waals surface area contributed by atoms with Crippen LogP contribution in [0.5, 0.6) is 5.75 Å². The van der Waals surface area contributed by atoms with Crippen LogP contribution in [0.4, 0.5) is 4.79 Å². The minimum absolute atomic E-state index is 0.00863. The Labute approximate surface area is 99.2 Å². The van der Waals surface area contributed by atoms with Gasteiger partial charge in [0.25, 0.3) is 0 Å². The van der Waals surface area contributed by atoms with Crippen molar-refractivity contribution in [2.75, 3.05) is 13.1 Å². The third-order valence-corrected chi connectivity index (χ3v) is 2.72. The van der Waals surface area contributed by atoms with E-state index < -0.39 is 6.03 Å². The zero-order chi connectivity index (χ0) is 12.4. The highest BCUT2D eigenvalue weighted by molar-refractivity contribution is 5.94. The summed E-state index contributed by atoms with van der Waals surface area (Å²) in [5, 5.41) is 0. The fraction of sp³-hybridized carbons (Fsp3) is 0.333. The first-order chi connectivity index (χ1) is 8.06. The number of nitrogens with zero attached hydrogens (tertiary/aromatic N) is 1. The number of urea groups is 1. The molecule has 5 nitrogen and oxygen atoms in total. The van der Waals surface area contributed by atoms with Gasteiger partial charge in [0.05, 0.1) is 13.1 Å². The number of hydrogen-bond acceptors (Lipinski definition) is 3. The Kier molecular flexibility index (Phi) is 2.99. The third-order valence-electron chi connectivity index (χ3n) is 2.72. The first-order valence-electron chi connectivity index (χ1n) is 5.38. The van der Waals surface area contributed by atoms with E-state index in [1.54, 1.807) is 24.3 Å². The lowest BCUT2D eigenvalue weighted by molar-refractivity contribution is 0.0477. The first kappa shape index (κ1) is 11.4. The van der Waals surface area contributed by atoms with Crippen molar-refractivity contribution in [2.45, 2.75) is 13.0 Å². The molecular weight excluding hydrogens is 220 g/mol. The van der Waals surface area contributed by atoms with Gasteiger partial charge in [0, 0.05) is 5.56 Å².